The fourth-order valence-electron chi connectivity index (χ4n) is 3.36. The van der Waals surface area contributed by atoms with Gasteiger partial charge in [0.15, 0.2) is 5.78 Å². The van der Waals surface area contributed by atoms with Gasteiger partial charge in [0.05, 0.1) is 5.56 Å². The third-order valence-electron chi connectivity index (χ3n) is 4.65. The summed E-state index contributed by atoms with van der Waals surface area (Å²) in [7, 11) is -1.24. The molecule has 1 aliphatic rings. The van der Waals surface area contributed by atoms with Gasteiger partial charge in [0.2, 0.25) is 0 Å². The number of carboxylic acid groups (broad SMARTS) is 1. The topological polar surface area (TPSA) is 113 Å². The number of pyridine rings is 1. The molecule has 0 spiro atoms. The summed E-state index contributed by atoms with van der Waals surface area (Å²) in [6.45, 7) is 0. The van der Waals surface area contributed by atoms with Gasteiger partial charge < -0.3 is 19.8 Å². The van der Waals surface area contributed by atoms with E-state index in [1.165, 1.54) is 6.07 Å². The summed E-state index contributed by atoms with van der Waals surface area (Å²) >= 11 is 0. The molecule has 1 atom stereocenters. The maximum atomic E-state index is 12.7. The van der Waals surface area contributed by atoms with E-state index < -0.39 is 18.9 Å². The van der Waals surface area contributed by atoms with E-state index in [1.807, 2.05) is 6.07 Å². The molecular weight excluding hydrogens is 335 g/mol. The second-order valence-electron chi connectivity index (χ2n) is 6.30. The Balaban J connectivity index is 1.59. The number of para-hydroxylation sites is 1. The van der Waals surface area contributed by atoms with Gasteiger partial charge in [-0.1, -0.05) is 12.1 Å². The lowest BCUT2D eigenvalue weighted by Crippen LogP contribution is -2.35. The number of hydrogen-bond acceptors (Lipinski definition) is 5. The molecule has 0 saturated heterocycles. The highest BCUT2D eigenvalue weighted by Crippen LogP contribution is 2.37. The molecule has 0 fully saturated rings. The molecule has 1 aromatic carbocycles. The highest BCUT2D eigenvalue weighted by atomic mass is 16.5. The summed E-state index contributed by atoms with van der Waals surface area (Å²) in [5.74, 6) is -1.53. The summed E-state index contributed by atoms with van der Waals surface area (Å²) in [6.07, 6.45) is 3.71. The minimum Gasteiger partial charge on any atom is -0.535 e. The lowest BCUT2D eigenvalue weighted by molar-refractivity contribution is 0.0693. The number of aromatic nitrogens is 2. The zero-order valence-electron chi connectivity index (χ0n) is 13.7. The number of fused-ring (bicyclic) bond motifs is 2. The van der Waals surface area contributed by atoms with E-state index >= 15 is 0 Å². The number of aromatic carboxylic acids is 1. The third kappa shape index (κ3) is 2.74. The van der Waals surface area contributed by atoms with Crippen LogP contribution in [0.2, 0.25) is 5.82 Å². The van der Waals surface area contributed by atoms with E-state index in [9.17, 15) is 19.7 Å². The number of benzene rings is 1. The van der Waals surface area contributed by atoms with E-state index in [1.54, 1.807) is 30.6 Å². The van der Waals surface area contributed by atoms with Crippen LogP contribution in [-0.2, 0) is 6.42 Å². The van der Waals surface area contributed by atoms with Gasteiger partial charge >= 0.3 is 13.1 Å². The minimum absolute atomic E-state index is 0.00836. The van der Waals surface area contributed by atoms with Crippen molar-refractivity contribution in [2.45, 2.75) is 18.7 Å². The van der Waals surface area contributed by atoms with Gasteiger partial charge in [0, 0.05) is 35.6 Å². The summed E-state index contributed by atoms with van der Waals surface area (Å²) in [5, 5.41) is 20.3. The number of nitrogens with one attached hydrogen (secondary N) is 1. The lowest BCUT2D eigenvalue weighted by atomic mass is 9.64. The van der Waals surface area contributed by atoms with Gasteiger partial charge in [-0.3, -0.25) is 4.79 Å². The Hall–Kier alpha value is -3.13. The molecule has 3 heterocycles. The zero-order valence-corrected chi connectivity index (χ0v) is 13.7. The Kier molecular flexibility index (Phi) is 3.97. The second kappa shape index (κ2) is 6.31. The lowest BCUT2D eigenvalue weighted by Gasteiger charge is -2.27. The normalized spacial score (nSPS) is 16.2. The molecule has 0 aliphatic carbocycles. The number of hydrogen-bond donors (Lipinski definition) is 3. The van der Waals surface area contributed by atoms with Crippen molar-refractivity contribution in [3.8, 4) is 5.75 Å². The van der Waals surface area contributed by atoms with Crippen molar-refractivity contribution >= 4 is 29.9 Å². The smallest absolute Gasteiger partial charge is 0.526 e. The highest BCUT2D eigenvalue weighted by Gasteiger charge is 2.38. The predicted octanol–water partition coefficient (Wildman–Crippen LogP) is 2.32. The van der Waals surface area contributed by atoms with Crippen LogP contribution in [0.4, 0.5) is 0 Å². The Bertz CT molecular complexity index is 1020. The number of ketones is 1. The number of carbonyl (C=O) groups is 2. The monoisotopic (exact) mass is 350 g/mol. The van der Waals surface area contributed by atoms with Crippen LogP contribution < -0.4 is 4.65 Å². The first kappa shape index (κ1) is 16.3. The standard InChI is InChI=1S/C18H15BN2O5/c22-15(14-9-21-17-12(14)5-2-6-20-17)8-11-7-10-3-1-4-13(18(23)24)16(10)26-19(11)25/h1-6,9,11,25H,7-8H2,(H,20,21)(H,23,24)/t11-/m1/s1. The molecule has 0 amide bonds. The van der Waals surface area contributed by atoms with Crippen LogP contribution in [-0.4, -0.2) is 39.0 Å². The number of carbonyl (C=O) groups excluding carboxylic acids is 1. The molecule has 8 heteroatoms. The van der Waals surface area contributed by atoms with Crippen LogP contribution in [0.1, 0.15) is 32.7 Å². The fourth-order valence-corrected chi connectivity index (χ4v) is 3.36. The van der Waals surface area contributed by atoms with Crippen molar-refractivity contribution < 1.29 is 24.4 Å². The van der Waals surface area contributed by atoms with Gasteiger partial charge in [-0.25, -0.2) is 9.78 Å². The molecule has 130 valence electrons. The predicted molar refractivity (Wildman–Crippen MR) is 94.5 cm³/mol. The molecule has 26 heavy (non-hydrogen) atoms. The van der Waals surface area contributed by atoms with Gasteiger partial charge in [-0.15, -0.1) is 0 Å². The minimum atomic E-state index is -1.24. The quantitative estimate of drug-likeness (QED) is 0.492. The number of H-pyrrole nitrogens is 1. The molecule has 7 nitrogen and oxygen atoms in total. The summed E-state index contributed by atoms with van der Waals surface area (Å²) in [5.41, 5.74) is 1.83. The van der Waals surface area contributed by atoms with E-state index in [-0.39, 0.29) is 23.5 Å². The Morgan fingerprint density at radius 1 is 1.27 bits per heavy atom. The van der Waals surface area contributed by atoms with Crippen molar-refractivity contribution in [2.24, 2.45) is 0 Å². The number of Topliss-reactive ketones (excluding diaryl/α,β-unsaturated/α-hetero) is 1. The molecular formula is C18H15BN2O5. The van der Waals surface area contributed by atoms with E-state index in [0.717, 1.165) is 5.39 Å². The van der Waals surface area contributed by atoms with Crippen LogP contribution >= 0.6 is 0 Å². The molecule has 3 aromatic rings. The number of nitrogens with zero attached hydrogens (tertiary/aromatic N) is 1. The molecule has 2 aromatic heterocycles. The molecule has 0 radical (unpaired) electrons. The van der Waals surface area contributed by atoms with Crippen LogP contribution in [0, 0.1) is 0 Å². The Morgan fingerprint density at radius 3 is 2.92 bits per heavy atom. The fraction of sp³-hybridized carbons (Fsp3) is 0.167. The van der Waals surface area contributed by atoms with E-state index in [4.69, 9.17) is 4.65 Å². The Morgan fingerprint density at radius 2 is 2.12 bits per heavy atom. The van der Waals surface area contributed by atoms with E-state index in [0.29, 0.717) is 23.2 Å². The molecule has 4 rings (SSSR count). The van der Waals surface area contributed by atoms with Crippen molar-refractivity contribution in [2.75, 3.05) is 0 Å². The number of carboxylic acids is 1. The average Bonchev–Trinajstić information content (AvgIpc) is 3.06. The van der Waals surface area contributed by atoms with Crippen LogP contribution in [0.15, 0.2) is 42.7 Å². The van der Waals surface area contributed by atoms with Gasteiger partial charge in [-0.05, 0) is 30.2 Å². The average molecular weight is 350 g/mol. The van der Waals surface area contributed by atoms with E-state index in [2.05, 4.69) is 9.97 Å². The zero-order chi connectivity index (χ0) is 18.3. The first-order valence-electron chi connectivity index (χ1n) is 8.20. The van der Waals surface area contributed by atoms with Crippen molar-refractivity contribution in [3.63, 3.8) is 0 Å². The molecule has 0 saturated carbocycles. The maximum absolute atomic E-state index is 12.7. The van der Waals surface area contributed by atoms with Crippen molar-refractivity contribution in [1.82, 2.24) is 9.97 Å². The summed E-state index contributed by atoms with van der Waals surface area (Å²) in [4.78, 5) is 31.1. The Labute approximate surface area is 148 Å². The highest BCUT2D eigenvalue weighted by molar-refractivity contribution is 6.47. The molecule has 3 N–H and O–H groups in total. The van der Waals surface area contributed by atoms with Crippen LogP contribution in [0.25, 0.3) is 11.0 Å². The third-order valence-corrected chi connectivity index (χ3v) is 4.65. The van der Waals surface area contributed by atoms with Gasteiger partial charge in [-0.2, -0.15) is 0 Å². The maximum Gasteiger partial charge on any atom is 0.526 e. The molecule has 0 unspecified atom stereocenters. The molecule has 0 bridgehead atoms. The number of aromatic amines is 1. The largest absolute Gasteiger partial charge is 0.535 e. The van der Waals surface area contributed by atoms with Gasteiger partial charge in [0.1, 0.15) is 11.4 Å². The first-order valence-corrected chi connectivity index (χ1v) is 8.20. The summed E-state index contributed by atoms with van der Waals surface area (Å²) in [6, 6.07) is 8.39. The van der Waals surface area contributed by atoms with Crippen molar-refractivity contribution in [3.05, 3.63) is 59.4 Å². The second-order valence-corrected chi connectivity index (χ2v) is 6.30. The molecule has 1 aliphatic heterocycles. The van der Waals surface area contributed by atoms with Gasteiger partial charge in [0.25, 0.3) is 0 Å². The number of rotatable bonds is 4. The van der Waals surface area contributed by atoms with Crippen LogP contribution in [0.3, 0.4) is 0 Å². The van der Waals surface area contributed by atoms with Crippen molar-refractivity contribution in [1.29, 1.82) is 0 Å². The summed E-state index contributed by atoms with van der Waals surface area (Å²) < 4.78 is 5.44. The first-order chi connectivity index (χ1) is 12.5. The SMILES string of the molecule is O=C(O)c1cccc2c1OB(O)[C@@H](CC(=O)c1c[nH]c3ncccc13)C2. The van der Waals surface area contributed by atoms with Crippen LogP contribution in [0.5, 0.6) is 5.75 Å².